The smallest absolute Gasteiger partial charge is 0.255 e. The number of benzene rings is 1. The number of hydrogen-bond acceptors (Lipinski definition) is 5. The van der Waals surface area contributed by atoms with Crippen molar-refractivity contribution >= 4 is 16.7 Å². The number of H-pyrrole nitrogens is 1. The van der Waals surface area contributed by atoms with E-state index in [9.17, 15) is 4.79 Å². The third-order valence-corrected chi connectivity index (χ3v) is 4.81. The van der Waals surface area contributed by atoms with Gasteiger partial charge < -0.3 is 9.15 Å². The van der Waals surface area contributed by atoms with Crippen LogP contribution in [-0.4, -0.2) is 19.4 Å². The third kappa shape index (κ3) is 2.48. The van der Waals surface area contributed by atoms with E-state index in [-0.39, 0.29) is 5.56 Å². The van der Waals surface area contributed by atoms with E-state index in [1.807, 2.05) is 41.8 Å². The predicted octanol–water partition coefficient (Wildman–Crippen LogP) is 4.24. The molecule has 0 spiro atoms. The van der Waals surface area contributed by atoms with Crippen LogP contribution in [0.15, 0.2) is 64.4 Å². The molecule has 1 N–H and O–H groups in total. The maximum atomic E-state index is 12.3. The lowest BCUT2D eigenvalue weighted by molar-refractivity contribution is 0.468. The fourth-order valence-corrected chi connectivity index (χ4v) is 3.42. The molecule has 0 aliphatic heterocycles. The summed E-state index contributed by atoms with van der Waals surface area (Å²) in [5.41, 5.74) is 3.93. The summed E-state index contributed by atoms with van der Waals surface area (Å²) in [6.07, 6.45) is 6.76. The number of ether oxygens (including phenoxy) is 1. The first-order valence-corrected chi connectivity index (χ1v) is 8.79. The van der Waals surface area contributed by atoms with Crippen LogP contribution < -0.4 is 10.3 Å². The molecule has 0 bridgehead atoms. The van der Waals surface area contributed by atoms with Crippen LogP contribution in [0.5, 0.6) is 11.6 Å². The van der Waals surface area contributed by atoms with Crippen LogP contribution in [0.2, 0.25) is 0 Å². The molecule has 0 radical (unpaired) electrons. The lowest BCUT2D eigenvalue weighted by Gasteiger charge is -2.13. The van der Waals surface area contributed by atoms with Crippen LogP contribution in [-0.2, 0) is 0 Å². The van der Waals surface area contributed by atoms with Crippen molar-refractivity contribution < 1.29 is 9.15 Å². The summed E-state index contributed by atoms with van der Waals surface area (Å²) in [6, 6.07) is 9.37. The number of aryl methyl sites for hydroxylation is 1. The van der Waals surface area contributed by atoms with Gasteiger partial charge in [-0.3, -0.25) is 14.2 Å². The van der Waals surface area contributed by atoms with E-state index in [2.05, 4.69) is 15.0 Å². The van der Waals surface area contributed by atoms with Crippen molar-refractivity contribution in [1.82, 2.24) is 19.4 Å². The summed E-state index contributed by atoms with van der Waals surface area (Å²) < 4.78 is 13.3. The van der Waals surface area contributed by atoms with Gasteiger partial charge in [0.25, 0.3) is 5.56 Å². The van der Waals surface area contributed by atoms with E-state index in [4.69, 9.17) is 9.15 Å². The first kappa shape index (κ1) is 16.3. The Hall–Kier alpha value is -3.87. The van der Waals surface area contributed by atoms with E-state index in [1.165, 1.54) is 0 Å². The molecule has 7 heteroatoms. The van der Waals surface area contributed by atoms with Gasteiger partial charge in [-0.15, -0.1) is 0 Å². The van der Waals surface area contributed by atoms with E-state index in [0.717, 1.165) is 27.8 Å². The molecule has 5 aromatic rings. The first-order chi connectivity index (χ1) is 13.6. The van der Waals surface area contributed by atoms with Crippen molar-refractivity contribution in [2.24, 2.45) is 0 Å². The summed E-state index contributed by atoms with van der Waals surface area (Å²) in [5.74, 6) is 1.66. The zero-order valence-corrected chi connectivity index (χ0v) is 15.3. The zero-order valence-electron chi connectivity index (χ0n) is 15.3. The summed E-state index contributed by atoms with van der Waals surface area (Å²) >= 11 is 0. The lowest BCUT2D eigenvalue weighted by atomic mass is 10.0. The highest BCUT2D eigenvalue weighted by atomic mass is 16.5. The van der Waals surface area contributed by atoms with Gasteiger partial charge in [-0.2, -0.15) is 0 Å². The van der Waals surface area contributed by atoms with Crippen LogP contribution in [0.3, 0.4) is 0 Å². The Labute approximate surface area is 159 Å². The van der Waals surface area contributed by atoms with Crippen LogP contribution >= 0.6 is 0 Å². The Kier molecular flexibility index (Phi) is 3.55. The molecule has 0 saturated carbocycles. The number of aromatic amines is 1. The normalized spacial score (nSPS) is 11.4. The monoisotopic (exact) mass is 372 g/mol. The maximum Gasteiger partial charge on any atom is 0.255 e. The third-order valence-electron chi connectivity index (χ3n) is 4.81. The molecule has 138 valence electrons. The van der Waals surface area contributed by atoms with Crippen molar-refractivity contribution in [1.29, 1.82) is 0 Å². The number of pyridine rings is 1. The molecule has 0 unspecified atom stereocenters. The molecular weight excluding hydrogens is 356 g/mol. The highest BCUT2D eigenvalue weighted by Gasteiger charge is 2.15. The molecular formula is C21H16N4O3. The fraction of sp³-hybridized carbons (Fsp3) is 0.0952. The Morgan fingerprint density at radius 3 is 2.86 bits per heavy atom. The Morgan fingerprint density at radius 1 is 1.11 bits per heavy atom. The van der Waals surface area contributed by atoms with Gasteiger partial charge >= 0.3 is 0 Å². The van der Waals surface area contributed by atoms with Gasteiger partial charge in [-0.1, -0.05) is 0 Å². The lowest BCUT2D eigenvalue weighted by Crippen LogP contribution is -2.15. The average Bonchev–Trinajstić information content (AvgIpc) is 3.33. The number of hydrogen-bond donors (Lipinski definition) is 1. The van der Waals surface area contributed by atoms with E-state index in [0.29, 0.717) is 23.0 Å². The molecule has 5 rings (SSSR count). The molecule has 7 nitrogen and oxygen atoms in total. The minimum atomic E-state index is -0.149. The Balaban J connectivity index is 1.60. The van der Waals surface area contributed by atoms with Crippen molar-refractivity contribution in [3.05, 3.63) is 76.7 Å². The second kappa shape index (κ2) is 6.09. The average molecular weight is 372 g/mol. The number of furan rings is 1. The van der Waals surface area contributed by atoms with Gasteiger partial charge in [0.2, 0.25) is 11.7 Å². The SMILES string of the molecule is Cc1cc(Oc2nccc3occc23)ccc1-c1c(C)c(=O)[nH]c2nccn12. The van der Waals surface area contributed by atoms with E-state index >= 15 is 0 Å². The molecule has 0 atom stereocenters. The molecule has 0 aliphatic carbocycles. The second-order valence-electron chi connectivity index (χ2n) is 6.58. The number of aromatic nitrogens is 4. The summed E-state index contributed by atoms with van der Waals surface area (Å²) in [7, 11) is 0. The van der Waals surface area contributed by atoms with Crippen molar-refractivity contribution in [3.8, 4) is 22.9 Å². The molecule has 1 aromatic carbocycles. The van der Waals surface area contributed by atoms with Gasteiger partial charge in [0, 0.05) is 29.7 Å². The van der Waals surface area contributed by atoms with Crippen molar-refractivity contribution in [3.63, 3.8) is 0 Å². The Morgan fingerprint density at radius 2 is 2.00 bits per heavy atom. The minimum Gasteiger partial charge on any atom is -0.464 e. The largest absolute Gasteiger partial charge is 0.464 e. The van der Waals surface area contributed by atoms with Gasteiger partial charge in [-0.05, 0) is 49.7 Å². The summed E-state index contributed by atoms with van der Waals surface area (Å²) in [4.78, 5) is 23.6. The standard InChI is InChI=1S/C21H16N4O3/c1-12-11-14(28-20-16-6-10-27-17(16)5-7-22-20)3-4-15(12)18-13(2)19(26)24-21-23-8-9-25(18)21/h3-11H,1-2H3,(H,23,24,26). The number of nitrogens with one attached hydrogen (secondary N) is 1. The minimum absolute atomic E-state index is 0.149. The molecule has 0 aliphatic rings. The van der Waals surface area contributed by atoms with Crippen LogP contribution in [0.1, 0.15) is 11.1 Å². The molecule has 28 heavy (non-hydrogen) atoms. The predicted molar refractivity (Wildman–Crippen MR) is 105 cm³/mol. The number of nitrogens with zero attached hydrogens (tertiary/aromatic N) is 3. The maximum absolute atomic E-state index is 12.3. The fourth-order valence-electron chi connectivity index (χ4n) is 3.42. The first-order valence-electron chi connectivity index (χ1n) is 8.79. The topological polar surface area (TPSA) is 85.4 Å². The number of rotatable bonds is 3. The van der Waals surface area contributed by atoms with Gasteiger partial charge in [-0.25, -0.2) is 9.97 Å². The van der Waals surface area contributed by atoms with Gasteiger partial charge in [0.05, 0.1) is 17.3 Å². The summed E-state index contributed by atoms with van der Waals surface area (Å²) in [5, 5.41) is 0.815. The highest BCUT2D eigenvalue weighted by molar-refractivity contribution is 5.82. The molecule has 0 amide bonds. The van der Waals surface area contributed by atoms with Gasteiger partial charge in [0.15, 0.2) is 0 Å². The molecule has 0 fully saturated rings. The molecule has 0 saturated heterocycles. The van der Waals surface area contributed by atoms with Gasteiger partial charge in [0.1, 0.15) is 11.3 Å². The Bertz CT molecular complexity index is 1390. The van der Waals surface area contributed by atoms with E-state index < -0.39 is 0 Å². The van der Waals surface area contributed by atoms with Crippen LogP contribution in [0, 0.1) is 13.8 Å². The quantitative estimate of drug-likeness (QED) is 0.512. The van der Waals surface area contributed by atoms with Crippen LogP contribution in [0.25, 0.3) is 28.0 Å². The zero-order chi connectivity index (χ0) is 19.3. The summed E-state index contributed by atoms with van der Waals surface area (Å²) in [6.45, 7) is 3.79. The molecule has 4 aromatic heterocycles. The van der Waals surface area contributed by atoms with Crippen LogP contribution in [0.4, 0.5) is 0 Å². The molecule has 4 heterocycles. The number of fused-ring (bicyclic) bond motifs is 2. The van der Waals surface area contributed by atoms with E-state index in [1.54, 1.807) is 31.6 Å². The number of imidazole rings is 1. The highest BCUT2D eigenvalue weighted by Crippen LogP contribution is 2.32. The second-order valence-corrected chi connectivity index (χ2v) is 6.58. The van der Waals surface area contributed by atoms with Crippen molar-refractivity contribution in [2.45, 2.75) is 13.8 Å². The van der Waals surface area contributed by atoms with Crippen molar-refractivity contribution in [2.75, 3.05) is 0 Å².